The minimum absolute atomic E-state index is 0.0436. The van der Waals surface area contributed by atoms with Gasteiger partial charge in [0.15, 0.2) is 0 Å². The molecule has 0 aliphatic carbocycles. The minimum Gasteiger partial charge on any atom is -0.376 e. The van der Waals surface area contributed by atoms with E-state index < -0.39 is 0 Å². The molecule has 0 spiro atoms. The summed E-state index contributed by atoms with van der Waals surface area (Å²) < 4.78 is 5.77. The maximum atomic E-state index is 12.5. The zero-order chi connectivity index (χ0) is 14.1. The zero-order valence-corrected chi connectivity index (χ0v) is 12.1. The van der Waals surface area contributed by atoms with E-state index in [9.17, 15) is 4.79 Å². The fourth-order valence-electron chi connectivity index (χ4n) is 3.23. The summed E-state index contributed by atoms with van der Waals surface area (Å²) in [5.74, 6) is 0.168. The molecule has 2 heterocycles. The lowest BCUT2D eigenvalue weighted by molar-refractivity contribution is -0.134. The first kappa shape index (κ1) is 13.6. The first-order chi connectivity index (χ1) is 9.68. The van der Waals surface area contributed by atoms with Gasteiger partial charge in [0.05, 0.1) is 18.2 Å². The van der Waals surface area contributed by atoms with Gasteiger partial charge in [-0.2, -0.15) is 0 Å². The molecular formula is C16H22N2O2. The van der Waals surface area contributed by atoms with Crippen LogP contribution in [0.1, 0.15) is 38.4 Å². The summed E-state index contributed by atoms with van der Waals surface area (Å²) in [6.45, 7) is 4.85. The lowest BCUT2D eigenvalue weighted by Gasteiger charge is -2.33. The van der Waals surface area contributed by atoms with Crippen LogP contribution in [0.4, 0.5) is 0 Å². The Kier molecular flexibility index (Phi) is 3.76. The standard InChI is InChI=1S/C16H22N2O2/c1-11-16(19)18(12(2)14-9-6-10-20-14)15(17-11)13-7-4-3-5-8-13/h3-5,7-8,11-12,14-15,17H,6,9-10H2,1-2H3. The van der Waals surface area contributed by atoms with Gasteiger partial charge >= 0.3 is 0 Å². The number of ether oxygens (including phenoxy) is 1. The molecule has 2 aliphatic rings. The monoisotopic (exact) mass is 274 g/mol. The molecule has 3 rings (SSSR count). The molecular weight excluding hydrogens is 252 g/mol. The summed E-state index contributed by atoms with van der Waals surface area (Å²) in [4.78, 5) is 14.5. The van der Waals surface area contributed by atoms with E-state index in [1.807, 2.05) is 30.0 Å². The lowest BCUT2D eigenvalue weighted by atomic mass is 10.1. The van der Waals surface area contributed by atoms with Crippen molar-refractivity contribution in [2.75, 3.05) is 6.61 Å². The van der Waals surface area contributed by atoms with E-state index in [1.165, 1.54) is 0 Å². The van der Waals surface area contributed by atoms with Gasteiger partial charge in [0.25, 0.3) is 0 Å². The number of carbonyl (C=O) groups is 1. The van der Waals surface area contributed by atoms with Crippen molar-refractivity contribution in [2.24, 2.45) is 0 Å². The summed E-state index contributed by atoms with van der Waals surface area (Å²) in [5, 5.41) is 3.40. The van der Waals surface area contributed by atoms with Gasteiger partial charge in [-0.25, -0.2) is 0 Å². The van der Waals surface area contributed by atoms with Crippen LogP contribution in [-0.4, -0.2) is 35.6 Å². The Morgan fingerprint density at radius 1 is 1.35 bits per heavy atom. The molecule has 0 bridgehead atoms. The second-order valence-corrected chi connectivity index (χ2v) is 5.74. The van der Waals surface area contributed by atoms with E-state index in [-0.39, 0.29) is 30.3 Å². The molecule has 4 nitrogen and oxygen atoms in total. The molecule has 108 valence electrons. The number of rotatable bonds is 3. The fraction of sp³-hybridized carbons (Fsp3) is 0.562. The van der Waals surface area contributed by atoms with Crippen LogP contribution in [0.2, 0.25) is 0 Å². The number of nitrogens with zero attached hydrogens (tertiary/aromatic N) is 1. The van der Waals surface area contributed by atoms with E-state index in [0.29, 0.717) is 0 Å². The molecule has 1 amide bonds. The number of carbonyl (C=O) groups excluding carboxylic acids is 1. The molecule has 0 saturated carbocycles. The fourth-order valence-corrected chi connectivity index (χ4v) is 3.23. The topological polar surface area (TPSA) is 41.6 Å². The van der Waals surface area contributed by atoms with Gasteiger partial charge in [0.2, 0.25) is 5.91 Å². The maximum absolute atomic E-state index is 12.5. The number of benzene rings is 1. The Hall–Kier alpha value is -1.39. The Labute approximate surface area is 120 Å². The second-order valence-electron chi connectivity index (χ2n) is 5.74. The first-order valence-corrected chi connectivity index (χ1v) is 7.43. The Bertz CT molecular complexity index is 471. The van der Waals surface area contributed by atoms with Crippen LogP contribution in [0, 0.1) is 0 Å². The van der Waals surface area contributed by atoms with Gasteiger partial charge in [0, 0.05) is 6.61 Å². The van der Waals surface area contributed by atoms with Crippen molar-refractivity contribution in [2.45, 2.75) is 51.0 Å². The van der Waals surface area contributed by atoms with E-state index in [1.54, 1.807) is 0 Å². The highest BCUT2D eigenvalue weighted by Gasteiger charge is 2.42. The average Bonchev–Trinajstić information content (AvgIpc) is 3.09. The van der Waals surface area contributed by atoms with Gasteiger partial charge in [-0.15, -0.1) is 0 Å². The summed E-state index contributed by atoms with van der Waals surface area (Å²) in [7, 11) is 0. The molecule has 2 aliphatic heterocycles. The van der Waals surface area contributed by atoms with E-state index in [2.05, 4.69) is 24.4 Å². The van der Waals surface area contributed by atoms with Gasteiger partial charge in [-0.05, 0) is 32.3 Å². The van der Waals surface area contributed by atoms with E-state index in [4.69, 9.17) is 4.74 Å². The third kappa shape index (κ3) is 2.34. The zero-order valence-electron chi connectivity index (χ0n) is 12.1. The van der Waals surface area contributed by atoms with Crippen molar-refractivity contribution >= 4 is 5.91 Å². The van der Waals surface area contributed by atoms with Gasteiger partial charge in [-0.1, -0.05) is 30.3 Å². The molecule has 0 aromatic heterocycles. The molecule has 4 unspecified atom stereocenters. The summed E-state index contributed by atoms with van der Waals surface area (Å²) in [5.41, 5.74) is 1.13. The summed E-state index contributed by atoms with van der Waals surface area (Å²) in [6.07, 6.45) is 2.26. The van der Waals surface area contributed by atoms with E-state index >= 15 is 0 Å². The quantitative estimate of drug-likeness (QED) is 0.917. The van der Waals surface area contributed by atoms with Crippen LogP contribution in [0.15, 0.2) is 30.3 Å². The Balaban J connectivity index is 1.86. The van der Waals surface area contributed by atoms with Gasteiger partial charge in [0.1, 0.15) is 6.17 Å². The molecule has 0 radical (unpaired) electrons. The molecule has 1 aromatic carbocycles. The second kappa shape index (κ2) is 5.54. The van der Waals surface area contributed by atoms with Crippen molar-refractivity contribution in [1.29, 1.82) is 0 Å². The number of amides is 1. The minimum atomic E-state index is -0.135. The molecule has 4 heteroatoms. The summed E-state index contributed by atoms with van der Waals surface area (Å²) >= 11 is 0. The highest BCUT2D eigenvalue weighted by molar-refractivity contribution is 5.84. The smallest absolute Gasteiger partial charge is 0.241 e. The van der Waals surface area contributed by atoms with E-state index in [0.717, 1.165) is 25.0 Å². The number of hydrogen-bond acceptors (Lipinski definition) is 3. The van der Waals surface area contributed by atoms with Crippen LogP contribution in [-0.2, 0) is 9.53 Å². The molecule has 4 atom stereocenters. The van der Waals surface area contributed by atoms with Gasteiger partial charge in [-0.3, -0.25) is 10.1 Å². The third-order valence-electron chi connectivity index (χ3n) is 4.37. The van der Waals surface area contributed by atoms with Crippen LogP contribution >= 0.6 is 0 Å². The van der Waals surface area contributed by atoms with Crippen LogP contribution in [0.25, 0.3) is 0 Å². The molecule has 1 N–H and O–H groups in total. The van der Waals surface area contributed by atoms with Crippen LogP contribution in [0.3, 0.4) is 0 Å². The molecule has 1 aromatic rings. The normalized spacial score (nSPS) is 31.8. The SMILES string of the molecule is CC1NC(c2ccccc2)N(C(C)C2CCCO2)C1=O. The van der Waals surface area contributed by atoms with Gasteiger partial charge < -0.3 is 9.64 Å². The lowest BCUT2D eigenvalue weighted by Crippen LogP contribution is -2.44. The maximum Gasteiger partial charge on any atom is 0.241 e. The predicted octanol–water partition coefficient (Wildman–Crippen LogP) is 2.07. The highest BCUT2D eigenvalue weighted by atomic mass is 16.5. The van der Waals surface area contributed by atoms with Crippen molar-refractivity contribution < 1.29 is 9.53 Å². The Morgan fingerprint density at radius 3 is 2.75 bits per heavy atom. The first-order valence-electron chi connectivity index (χ1n) is 7.43. The van der Waals surface area contributed by atoms with Crippen molar-refractivity contribution in [3.05, 3.63) is 35.9 Å². The van der Waals surface area contributed by atoms with Crippen LogP contribution in [0.5, 0.6) is 0 Å². The van der Waals surface area contributed by atoms with Crippen molar-refractivity contribution in [3.8, 4) is 0 Å². The van der Waals surface area contributed by atoms with Crippen molar-refractivity contribution in [3.63, 3.8) is 0 Å². The number of hydrogen-bond donors (Lipinski definition) is 1. The molecule has 20 heavy (non-hydrogen) atoms. The van der Waals surface area contributed by atoms with Crippen molar-refractivity contribution in [1.82, 2.24) is 10.2 Å². The van der Waals surface area contributed by atoms with Crippen LogP contribution < -0.4 is 5.32 Å². The predicted molar refractivity (Wildman–Crippen MR) is 77.1 cm³/mol. The molecule has 2 fully saturated rings. The Morgan fingerprint density at radius 2 is 2.10 bits per heavy atom. The number of nitrogens with one attached hydrogen (secondary N) is 1. The third-order valence-corrected chi connectivity index (χ3v) is 4.37. The molecule has 2 saturated heterocycles. The largest absolute Gasteiger partial charge is 0.376 e. The highest BCUT2D eigenvalue weighted by Crippen LogP contribution is 2.31. The average molecular weight is 274 g/mol. The summed E-state index contributed by atoms with van der Waals surface area (Å²) in [6, 6.07) is 10.1.